The molecule has 9 heteroatoms. The second kappa shape index (κ2) is 5.74. The average Bonchev–Trinajstić information content (AvgIpc) is 3.03. The summed E-state index contributed by atoms with van der Waals surface area (Å²) in [5.41, 5.74) is 5.78. The topological polar surface area (TPSA) is 138 Å². The molecule has 0 fully saturated rings. The Bertz CT molecular complexity index is 854. The van der Waals surface area contributed by atoms with Crippen LogP contribution in [0.3, 0.4) is 0 Å². The minimum atomic E-state index is -1.25. The van der Waals surface area contributed by atoms with Crippen molar-refractivity contribution >= 4 is 33.4 Å². The Hall–Kier alpha value is -2.26. The molecule has 2 aromatic heterocycles. The highest BCUT2D eigenvalue weighted by atomic mass is 32.1. The first-order valence-corrected chi connectivity index (χ1v) is 8.03. The van der Waals surface area contributed by atoms with Gasteiger partial charge >= 0.3 is 0 Å². The SMILES string of the molecule is C[C@H](O)[C@H](NC(=O)c1nc2sc3c(c2c(=O)[nH]1)CCC3)C(N)=O. The average molecular weight is 336 g/mol. The number of fused-ring (bicyclic) bond motifs is 3. The van der Waals surface area contributed by atoms with Crippen LogP contribution in [0.5, 0.6) is 0 Å². The lowest BCUT2D eigenvalue weighted by molar-refractivity contribution is -0.122. The second-order valence-electron chi connectivity index (χ2n) is 5.55. The van der Waals surface area contributed by atoms with Crippen LogP contribution in [0.2, 0.25) is 0 Å². The van der Waals surface area contributed by atoms with E-state index in [-0.39, 0.29) is 11.4 Å². The Balaban J connectivity index is 1.96. The summed E-state index contributed by atoms with van der Waals surface area (Å²) in [6, 6.07) is -1.25. The molecule has 8 nitrogen and oxygen atoms in total. The standard InChI is InChI=1S/C14H16N4O4S/c1-5(19)9(10(15)20)16-13(22)11-17-12(21)8-6-3-2-4-7(6)23-14(8)18-11/h5,9,19H,2-4H2,1H3,(H2,15,20)(H,16,22)(H,17,18,21)/t5-,9-/m0/s1. The fourth-order valence-corrected chi connectivity index (χ4v) is 4.01. The Morgan fingerprint density at radius 3 is 2.83 bits per heavy atom. The lowest BCUT2D eigenvalue weighted by Crippen LogP contribution is -2.51. The zero-order valence-corrected chi connectivity index (χ0v) is 13.2. The highest BCUT2D eigenvalue weighted by Gasteiger charge is 2.26. The molecule has 1 aliphatic carbocycles. The zero-order chi connectivity index (χ0) is 16.7. The number of hydrogen-bond donors (Lipinski definition) is 4. The lowest BCUT2D eigenvalue weighted by atomic mass is 10.1. The van der Waals surface area contributed by atoms with E-state index in [1.807, 2.05) is 0 Å². The molecule has 2 atom stereocenters. The summed E-state index contributed by atoms with van der Waals surface area (Å²) < 4.78 is 0. The summed E-state index contributed by atoms with van der Waals surface area (Å²) in [5, 5.41) is 12.3. The summed E-state index contributed by atoms with van der Waals surface area (Å²) in [6.07, 6.45) is 1.63. The number of primary amides is 1. The molecule has 3 rings (SSSR count). The van der Waals surface area contributed by atoms with Crippen molar-refractivity contribution < 1.29 is 14.7 Å². The molecule has 122 valence electrons. The van der Waals surface area contributed by atoms with E-state index in [9.17, 15) is 19.5 Å². The largest absolute Gasteiger partial charge is 0.391 e. The van der Waals surface area contributed by atoms with E-state index in [4.69, 9.17) is 5.73 Å². The van der Waals surface area contributed by atoms with Gasteiger partial charge in [-0.3, -0.25) is 14.4 Å². The van der Waals surface area contributed by atoms with E-state index in [2.05, 4.69) is 15.3 Å². The molecule has 0 aliphatic heterocycles. The maximum absolute atomic E-state index is 12.3. The molecular formula is C14H16N4O4S. The normalized spacial score (nSPS) is 16.1. The van der Waals surface area contributed by atoms with Crippen LogP contribution in [0.15, 0.2) is 4.79 Å². The fourth-order valence-electron chi connectivity index (χ4n) is 2.75. The number of nitrogens with two attached hydrogens (primary N) is 1. The van der Waals surface area contributed by atoms with Crippen LogP contribution in [0.1, 0.15) is 34.4 Å². The maximum atomic E-state index is 12.3. The predicted octanol–water partition coefficient (Wildman–Crippen LogP) is -0.562. The number of aryl methyl sites for hydroxylation is 2. The number of hydrogen-bond acceptors (Lipinski definition) is 6. The van der Waals surface area contributed by atoms with Crippen molar-refractivity contribution in [2.75, 3.05) is 0 Å². The molecule has 23 heavy (non-hydrogen) atoms. The van der Waals surface area contributed by atoms with E-state index in [1.54, 1.807) is 0 Å². The first kappa shape index (κ1) is 15.6. The van der Waals surface area contributed by atoms with Gasteiger partial charge in [-0.2, -0.15) is 0 Å². The maximum Gasteiger partial charge on any atom is 0.287 e. The van der Waals surface area contributed by atoms with Gasteiger partial charge in [0.05, 0.1) is 11.5 Å². The highest BCUT2D eigenvalue weighted by Crippen LogP contribution is 2.34. The van der Waals surface area contributed by atoms with Crippen molar-refractivity contribution in [3.63, 3.8) is 0 Å². The van der Waals surface area contributed by atoms with Gasteiger partial charge in [0.1, 0.15) is 10.9 Å². The third kappa shape index (κ3) is 2.73. The number of amides is 2. The number of H-pyrrole nitrogens is 1. The number of rotatable bonds is 4. The van der Waals surface area contributed by atoms with E-state index in [0.29, 0.717) is 10.2 Å². The van der Waals surface area contributed by atoms with Gasteiger partial charge in [0.25, 0.3) is 11.5 Å². The van der Waals surface area contributed by atoms with Crippen LogP contribution >= 0.6 is 11.3 Å². The molecule has 0 unspecified atom stereocenters. The Labute approximate surface area is 134 Å². The van der Waals surface area contributed by atoms with Crippen LogP contribution in [0.4, 0.5) is 0 Å². The Morgan fingerprint density at radius 1 is 1.43 bits per heavy atom. The van der Waals surface area contributed by atoms with Gasteiger partial charge in [-0.25, -0.2) is 4.98 Å². The van der Waals surface area contributed by atoms with E-state index < -0.39 is 24.0 Å². The lowest BCUT2D eigenvalue weighted by Gasteiger charge is -2.17. The van der Waals surface area contributed by atoms with Crippen LogP contribution < -0.4 is 16.6 Å². The Morgan fingerprint density at radius 2 is 2.17 bits per heavy atom. The summed E-state index contributed by atoms with van der Waals surface area (Å²) >= 11 is 1.41. The number of aliphatic hydroxyl groups is 1. The number of carbonyl (C=O) groups excluding carboxylic acids is 2. The van der Waals surface area contributed by atoms with Crippen molar-refractivity contribution in [1.82, 2.24) is 15.3 Å². The molecule has 0 spiro atoms. The number of thiophene rings is 1. The van der Waals surface area contributed by atoms with E-state index >= 15 is 0 Å². The third-order valence-electron chi connectivity index (χ3n) is 3.87. The van der Waals surface area contributed by atoms with Gasteiger partial charge in [0, 0.05) is 4.88 Å². The van der Waals surface area contributed by atoms with E-state index in [1.165, 1.54) is 18.3 Å². The fraction of sp³-hybridized carbons (Fsp3) is 0.429. The minimum absolute atomic E-state index is 0.200. The molecule has 0 aromatic carbocycles. The molecule has 5 N–H and O–H groups in total. The number of aromatic nitrogens is 2. The first-order valence-electron chi connectivity index (χ1n) is 7.21. The third-order valence-corrected chi connectivity index (χ3v) is 5.05. The van der Waals surface area contributed by atoms with Gasteiger partial charge in [-0.05, 0) is 31.7 Å². The summed E-state index contributed by atoms with van der Waals surface area (Å²) in [7, 11) is 0. The van der Waals surface area contributed by atoms with Crippen LogP contribution in [0.25, 0.3) is 10.2 Å². The second-order valence-corrected chi connectivity index (χ2v) is 6.63. The van der Waals surface area contributed by atoms with Crippen LogP contribution in [-0.4, -0.2) is 39.0 Å². The number of aliphatic hydroxyl groups excluding tert-OH is 1. The summed E-state index contributed by atoms with van der Waals surface area (Å²) in [6.45, 7) is 1.33. The van der Waals surface area contributed by atoms with Gasteiger partial charge in [0.2, 0.25) is 11.7 Å². The zero-order valence-electron chi connectivity index (χ0n) is 12.4. The van der Waals surface area contributed by atoms with Crippen molar-refractivity contribution in [2.24, 2.45) is 5.73 Å². The van der Waals surface area contributed by atoms with Crippen molar-refractivity contribution in [2.45, 2.75) is 38.3 Å². The van der Waals surface area contributed by atoms with Gasteiger partial charge in [-0.1, -0.05) is 0 Å². The van der Waals surface area contributed by atoms with Crippen LogP contribution in [-0.2, 0) is 17.6 Å². The van der Waals surface area contributed by atoms with Crippen molar-refractivity contribution in [1.29, 1.82) is 0 Å². The smallest absolute Gasteiger partial charge is 0.287 e. The molecular weight excluding hydrogens is 320 g/mol. The first-order chi connectivity index (χ1) is 10.9. The number of carbonyl (C=O) groups is 2. The molecule has 2 aromatic rings. The van der Waals surface area contributed by atoms with Gasteiger partial charge < -0.3 is 21.1 Å². The highest BCUT2D eigenvalue weighted by molar-refractivity contribution is 7.18. The number of nitrogens with one attached hydrogen (secondary N) is 2. The molecule has 0 saturated carbocycles. The summed E-state index contributed by atoms with van der Waals surface area (Å²) in [5.74, 6) is -1.83. The monoisotopic (exact) mass is 336 g/mol. The molecule has 2 amide bonds. The van der Waals surface area contributed by atoms with Gasteiger partial charge in [-0.15, -0.1) is 11.3 Å². The van der Waals surface area contributed by atoms with E-state index in [0.717, 1.165) is 29.7 Å². The van der Waals surface area contributed by atoms with Gasteiger partial charge in [0.15, 0.2) is 0 Å². The Kier molecular flexibility index (Phi) is 3.90. The molecule has 0 radical (unpaired) electrons. The minimum Gasteiger partial charge on any atom is -0.391 e. The van der Waals surface area contributed by atoms with Crippen molar-refractivity contribution in [3.8, 4) is 0 Å². The summed E-state index contributed by atoms with van der Waals surface area (Å²) in [4.78, 5) is 44.0. The number of nitrogens with zero attached hydrogens (tertiary/aromatic N) is 1. The quantitative estimate of drug-likeness (QED) is 0.593. The van der Waals surface area contributed by atoms with Crippen molar-refractivity contribution in [3.05, 3.63) is 26.6 Å². The molecule has 0 saturated heterocycles. The predicted molar refractivity (Wildman–Crippen MR) is 84.4 cm³/mol. The molecule has 0 bridgehead atoms. The number of aromatic amines is 1. The molecule has 2 heterocycles. The van der Waals surface area contributed by atoms with Crippen LogP contribution in [0, 0.1) is 0 Å². The molecule has 1 aliphatic rings.